The van der Waals surface area contributed by atoms with Crippen LogP contribution < -0.4 is 5.11 Å². The first-order chi connectivity index (χ1) is 5.29. The molecule has 0 saturated heterocycles. The van der Waals surface area contributed by atoms with Gasteiger partial charge in [0.1, 0.15) is 5.65 Å². The lowest BCUT2D eigenvalue weighted by Gasteiger charge is -2.03. The molecule has 0 saturated carbocycles. The van der Waals surface area contributed by atoms with Crippen molar-refractivity contribution in [3.05, 3.63) is 30.1 Å². The van der Waals surface area contributed by atoms with Gasteiger partial charge in [-0.15, -0.1) is 0 Å². The van der Waals surface area contributed by atoms with Crippen LogP contribution in [0.4, 0.5) is 0 Å². The highest BCUT2D eigenvalue weighted by Gasteiger charge is 1.96. The molecule has 2 heterocycles. The fourth-order valence-electron chi connectivity index (χ4n) is 1.09. The SMILES string of the molecule is Cc1nc2ccccn2c1[O-]. The molecule has 0 aliphatic carbocycles. The van der Waals surface area contributed by atoms with Crippen LogP contribution in [0.5, 0.6) is 5.88 Å². The highest BCUT2D eigenvalue weighted by Crippen LogP contribution is 2.13. The van der Waals surface area contributed by atoms with Gasteiger partial charge in [-0.1, -0.05) is 6.07 Å². The van der Waals surface area contributed by atoms with Crippen LogP contribution in [0.15, 0.2) is 24.4 Å². The van der Waals surface area contributed by atoms with E-state index in [1.807, 2.05) is 18.2 Å². The minimum atomic E-state index is -0.0272. The van der Waals surface area contributed by atoms with Gasteiger partial charge in [-0.05, 0) is 24.9 Å². The standard InChI is InChI=1S/C8H8N2O/c1-6-8(11)10-5-3-2-4-7(10)9-6/h2-5,11H,1H3/p-1. The van der Waals surface area contributed by atoms with E-state index in [9.17, 15) is 5.11 Å². The first kappa shape index (κ1) is 6.22. The number of pyridine rings is 1. The number of aryl methyl sites for hydroxylation is 1. The third kappa shape index (κ3) is 0.774. The monoisotopic (exact) mass is 147 g/mol. The molecule has 3 heteroatoms. The van der Waals surface area contributed by atoms with Gasteiger partial charge in [0.25, 0.3) is 0 Å². The molecule has 0 aliphatic heterocycles. The van der Waals surface area contributed by atoms with Crippen molar-refractivity contribution < 1.29 is 5.11 Å². The van der Waals surface area contributed by atoms with E-state index in [-0.39, 0.29) is 5.88 Å². The number of aromatic nitrogens is 2. The molecule has 56 valence electrons. The zero-order valence-electron chi connectivity index (χ0n) is 6.11. The van der Waals surface area contributed by atoms with Crippen molar-refractivity contribution in [1.29, 1.82) is 0 Å². The molecule has 0 fully saturated rings. The van der Waals surface area contributed by atoms with Gasteiger partial charge in [-0.25, -0.2) is 4.98 Å². The highest BCUT2D eigenvalue weighted by atomic mass is 16.3. The molecular weight excluding hydrogens is 140 g/mol. The lowest BCUT2D eigenvalue weighted by Crippen LogP contribution is -1.95. The van der Waals surface area contributed by atoms with Gasteiger partial charge in [-0.3, -0.25) is 0 Å². The van der Waals surface area contributed by atoms with Crippen molar-refractivity contribution in [2.45, 2.75) is 6.92 Å². The molecule has 0 atom stereocenters. The van der Waals surface area contributed by atoms with Crippen molar-refractivity contribution in [1.82, 2.24) is 9.38 Å². The molecular formula is C8H7N2O-. The maximum absolute atomic E-state index is 11.2. The van der Waals surface area contributed by atoms with E-state index in [4.69, 9.17) is 0 Å². The predicted molar refractivity (Wildman–Crippen MR) is 39.4 cm³/mol. The second-order valence-corrected chi connectivity index (χ2v) is 2.43. The molecule has 0 radical (unpaired) electrons. The number of nitrogens with zero attached hydrogens (tertiary/aromatic N) is 2. The van der Waals surface area contributed by atoms with Crippen LogP contribution >= 0.6 is 0 Å². The van der Waals surface area contributed by atoms with Crippen LogP contribution in [0.2, 0.25) is 0 Å². The summed E-state index contributed by atoms with van der Waals surface area (Å²) in [4.78, 5) is 4.06. The number of fused-ring (bicyclic) bond motifs is 1. The Labute approximate surface area is 63.9 Å². The van der Waals surface area contributed by atoms with Gasteiger partial charge >= 0.3 is 0 Å². The van der Waals surface area contributed by atoms with E-state index >= 15 is 0 Å². The number of rotatable bonds is 0. The summed E-state index contributed by atoms with van der Waals surface area (Å²) < 4.78 is 1.54. The summed E-state index contributed by atoms with van der Waals surface area (Å²) in [5.74, 6) is -0.0272. The van der Waals surface area contributed by atoms with E-state index < -0.39 is 0 Å². The van der Waals surface area contributed by atoms with E-state index in [2.05, 4.69) is 4.98 Å². The number of hydrogen-bond acceptors (Lipinski definition) is 2. The Hall–Kier alpha value is -1.51. The Bertz CT molecular complexity index is 392. The normalized spacial score (nSPS) is 10.6. The third-order valence-electron chi connectivity index (χ3n) is 1.65. The lowest BCUT2D eigenvalue weighted by atomic mass is 10.5. The van der Waals surface area contributed by atoms with Gasteiger partial charge < -0.3 is 9.51 Å². The molecule has 0 N–H and O–H groups in total. The fourth-order valence-corrected chi connectivity index (χ4v) is 1.09. The molecule has 0 unspecified atom stereocenters. The summed E-state index contributed by atoms with van der Waals surface area (Å²) in [6, 6.07) is 5.49. The molecule has 3 nitrogen and oxygen atoms in total. The summed E-state index contributed by atoms with van der Waals surface area (Å²) in [6.07, 6.45) is 1.72. The summed E-state index contributed by atoms with van der Waals surface area (Å²) in [6.45, 7) is 1.72. The Morgan fingerprint density at radius 2 is 2.27 bits per heavy atom. The molecule has 0 aromatic carbocycles. The maximum Gasteiger partial charge on any atom is 0.136 e. The summed E-state index contributed by atoms with van der Waals surface area (Å²) in [5, 5.41) is 11.2. The first-order valence-corrected chi connectivity index (χ1v) is 3.40. The van der Waals surface area contributed by atoms with Gasteiger partial charge in [0.15, 0.2) is 0 Å². The largest absolute Gasteiger partial charge is 0.858 e. The molecule has 2 aromatic heterocycles. The first-order valence-electron chi connectivity index (χ1n) is 3.40. The molecule has 0 amide bonds. The Kier molecular flexibility index (Phi) is 1.12. The molecule has 11 heavy (non-hydrogen) atoms. The van der Waals surface area contributed by atoms with Crippen LogP contribution in [0, 0.1) is 6.92 Å². The van der Waals surface area contributed by atoms with E-state index in [1.165, 1.54) is 4.40 Å². The van der Waals surface area contributed by atoms with Crippen LogP contribution in [-0.2, 0) is 0 Å². The second kappa shape index (κ2) is 1.99. The number of hydrogen-bond donors (Lipinski definition) is 0. The lowest BCUT2D eigenvalue weighted by molar-refractivity contribution is -0.277. The fraction of sp³-hybridized carbons (Fsp3) is 0.125. The third-order valence-corrected chi connectivity index (χ3v) is 1.65. The maximum atomic E-state index is 11.2. The van der Waals surface area contributed by atoms with Crippen molar-refractivity contribution in [2.24, 2.45) is 0 Å². The van der Waals surface area contributed by atoms with E-state index in [0.717, 1.165) is 5.65 Å². The zero-order valence-corrected chi connectivity index (χ0v) is 6.11. The Morgan fingerprint density at radius 3 is 3.00 bits per heavy atom. The van der Waals surface area contributed by atoms with Crippen LogP contribution in [0.1, 0.15) is 5.69 Å². The average molecular weight is 147 g/mol. The number of imidazole rings is 1. The van der Waals surface area contributed by atoms with Gasteiger partial charge in [0.2, 0.25) is 0 Å². The Morgan fingerprint density at radius 1 is 1.45 bits per heavy atom. The highest BCUT2D eigenvalue weighted by molar-refractivity contribution is 5.44. The summed E-state index contributed by atoms with van der Waals surface area (Å²) in [7, 11) is 0. The van der Waals surface area contributed by atoms with Crippen LogP contribution in [-0.4, -0.2) is 9.38 Å². The van der Waals surface area contributed by atoms with E-state index in [0.29, 0.717) is 5.69 Å². The van der Waals surface area contributed by atoms with Gasteiger partial charge in [0, 0.05) is 11.9 Å². The quantitative estimate of drug-likeness (QED) is 0.550. The molecule has 0 aliphatic rings. The van der Waals surface area contributed by atoms with Crippen LogP contribution in [0.25, 0.3) is 5.65 Å². The van der Waals surface area contributed by atoms with Gasteiger partial charge in [0.05, 0.1) is 0 Å². The van der Waals surface area contributed by atoms with Crippen molar-refractivity contribution >= 4 is 5.65 Å². The second-order valence-electron chi connectivity index (χ2n) is 2.43. The molecule has 2 rings (SSSR count). The Balaban J connectivity index is 2.92. The molecule has 0 bridgehead atoms. The van der Waals surface area contributed by atoms with E-state index in [1.54, 1.807) is 13.1 Å². The van der Waals surface area contributed by atoms with Gasteiger partial charge in [-0.2, -0.15) is 0 Å². The van der Waals surface area contributed by atoms with Crippen molar-refractivity contribution in [3.63, 3.8) is 0 Å². The molecule has 2 aromatic rings. The minimum Gasteiger partial charge on any atom is -0.858 e. The van der Waals surface area contributed by atoms with Crippen molar-refractivity contribution in [3.8, 4) is 5.88 Å². The van der Waals surface area contributed by atoms with Crippen molar-refractivity contribution in [2.75, 3.05) is 0 Å². The average Bonchev–Trinajstić information content (AvgIpc) is 2.30. The zero-order chi connectivity index (χ0) is 7.84. The predicted octanol–water partition coefficient (Wildman–Crippen LogP) is 0.716. The summed E-state index contributed by atoms with van der Waals surface area (Å²) in [5.41, 5.74) is 1.27. The van der Waals surface area contributed by atoms with Crippen LogP contribution in [0.3, 0.4) is 0 Å². The minimum absolute atomic E-state index is 0.0272. The molecule has 0 spiro atoms. The smallest absolute Gasteiger partial charge is 0.136 e. The summed E-state index contributed by atoms with van der Waals surface area (Å²) >= 11 is 0. The topological polar surface area (TPSA) is 40.4 Å².